The Morgan fingerprint density at radius 3 is 2.60 bits per heavy atom. The number of rotatable bonds is 9. The topological polar surface area (TPSA) is 70.1 Å². The molecule has 35 heavy (non-hydrogen) atoms. The van der Waals surface area contributed by atoms with Crippen LogP contribution >= 0.6 is 0 Å². The van der Waals surface area contributed by atoms with Crippen LogP contribution in [0.5, 0.6) is 5.75 Å². The van der Waals surface area contributed by atoms with Gasteiger partial charge in [0.25, 0.3) is 0 Å². The Morgan fingerprint density at radius 1 is 1.17 bits per heavy atom. The van der Waals surface area contributed by atoms with Crippen molar-refractivity contribution in [2.75, 3.05) is 26.2 Å². The van der Waals surface area contributed by atoms with Crippen molar-refractivity contribution >= 4 is 11.9 Å². The molecule has 4 rings (SSSR count). The van der Waals surface area contributed by atoms with Crippen LogP contribution in [0.15, 0.2) is 48.5 Å². The summed E-state index contributed by atoms with van der Waals surface area (Å²) < 4.78 is 19.3. The number of hydrogen-bond acceptors (Lipinski definition) is 4. The number of aliphatic carboxylic acids is 1. The van der Waals surface area contributed by atoms with Gasteiger partial charge in [0.15, 0.2) is 6.61 Å². The molecule has 2 aliphatic rings. The molecule has 0 bridgehead atoms. The van der Waals surface area contributed by atoms with E-state index in [0.29, 0.717) is 24.6 Å². The first-order valence-electron chi connectivity index (χ1n) is 12.5. The lowest BCUT2D eigenvalue weighted by atomic mass is 9.75. The van der Waals surface area contributed by atoms with Gasteiger partial charge in [0.05, 0.1) is 5.41 Å². The van der Waals surface area contributed by atoms with Crippen LogP contribution in [0.4, 0.5) is 4.39 Å². The molecule has 2 aliphatic heterocycles. The molecular weight excluding hydrogens is 447 g/mol. The van der Waals surface area contributed by atoms with Gasteiger partial charge in [-0.05, 0) is 68.5 Å². The summed E-state index contributed by atoms with van der Waals surface area (Å²) in [5.74, 6) is -0.0366. The first-order chi connectivity index (χ1) is 16.8. The summed E-state index contributed by atoms with van der Waals surface area (Å²) in [6.07, 6.45) is 3.06. The van der Waals surface area contributed by atoms with Crippen LogP contribution < -0.4 is 4.74 Å². The monoisotopic (exact) mass is 482 g/mol. The lowest BCUT2D eigenvalue weighted by Crippen LogP contribution is -2.45. The molecule has 0 aromatic heterocycles. The third-order valence-corrected chi connectivity index (χ3v) is 7.23. The first-order valence-corrected chi connectivity index (χ1v) is 12.5. The average Bonchev–Trinajstić information content (AvgIpc) is 3.05. The summed E-state index contributed by atoms with van der Waals surface area (Å²) in [5.41, 5.74) is 1.53. The minimum Gasteiger partial charge on any atom is -0.482 e. The first kappa shape index (κ1) is 25.2. The zero-order valence-corrected chi connectivity index (χ0v) is 20.6. The highest BCUT2D eigenvalue weighted by Crippen LogP contribution is 2.46. The van der Waals surface area contributed by atoms with Crippen molar-refractivity contribution in [3.05, 3.63) is 65.5 Å². The van der Waals surface area contributed by atoms with Gasteiger partial charge in [0, 0.05) is 24.7 Å². The molecule has 0 saturated carbocycles. The summed E-state index contributed by atoms with van der Waals surface area (Å²) in [5, 5.41) is 8.94. The van der Waals surface area contributed by atoms with E-state index in [1.807, 2.05) is 24.3 Å². The molecule has 2 saturated heterocycles. The fourth-order valence-electron chi connectivity index (χ4n) is 5.58. The number of carboxylic acids is 1. The predicted molar refractivity (Wildman–Crippen MR) is 132 cm³/mol. The van der Waals surface area contributed by atoms with Crippen LogP contribution in [0, 0.1) is 17.2 Å². The van der Waals surface area contributed by atoms with Crippen molar-refractivity contribution in [2.24, 2.45) is 11.3 Å². The fraction of sp³-hybridized carbons (Fsp3) is 0.500. The van der Waals surface area contributed by atoms with Crippen LogP contribution in [-0.4, -0.2) is 59.1 Å². The molecule has 2 heterocycles. The van der Waals surface area contributed by atoms with Gasteiger partial charge in [-0.15, -0.1) is 0 Å². The summed E-state index contributed by atoms with van der Waals surface area (Å²) in [6, 6.07) is 14.3. The Labute approximate surface area is 206 Å². The van der Waals surface area contributed by atoms with Crippen molar-refractivity contribution in [3.8, 4) is 5.75 Å². The summed E-state index contributed by atoms with van der Waals surface area (Å²) in [7, 11) is 0. The highest BCUT2D eigenvalue weighted by molar-refractivity contribution is 5.85. The van der Waals surface area contributed by atoms with E-state index in [4.69, 9.17) is 9.84 Å². The number of carbonyl (C=O) groups excluding carboxylic acids is 1. The van der Waals surface area contributed by atoms with E-state index >= 15 is 0 Å². The average molecular weight is 483 g/mol. The number of carbonyl (C=O) groups is 2. The van der Waals surface area contributed by atoms with Crippen LogP contribution in [0.25, 0.3) is 0 Å². The molecule has 0 aliphatic carbocycles. The number of para-hydroxylation sites is 1. The zero-order chi connectivity index (χ0) is 25.0. The highest BCUT2D eigenvalue weighted by Gasteiger charge is 2.52. The Morgan fingerprint density at radius 2 is 1.91 bits per heavy atom. The van der Waals surface area contributed by atoms with E-state index in [2.05, 4.69) is 23.6 Å². The molecular formula is C28H35FN2O4. The molecule has 2 aromatic carbocycles. The van der Waals surface area contributed by atoms with E-state index in [0.717, 1.165) is 50.0 Å². The van der Waals surface area contributed by atoms with E-state index < -0.39 is 5.97 Å². The predicted octanol–water partition coefficient (Wildman–Crippen LogP) is 4.37. The Bertz CT molecular complexity index is 1050. The molecule has 1 atom stereocenters. The maximum absolute atomic E-state index is 13.8. The largest absolute Gasteiger partial charge is 0.482 e. The standard InChI is InChI=1S/C28H35FN2O4/c1-20(2)17-31-24(15-21-6-5-8-23(29)14-21)16-28(27(31)34)10-12-30(13-11-28)18-22-7-3-4-9-25(22)35-19-26(32)33/h3-9,14,20,24H,10-13,15-19H2,1-2H3,(H,32,33)/t24-/m0/s1. The number of ether oxygens (including phenoxy) is 1. The number of nitrogens with zero attached hydrogens (tertiary/aromatic N) is 2. The normalized spacial score (nSPS) is 20.1. The molecule has 2 fully saturated rings. The van der Waals surface area contributed by atoms with Gasteiger partial charge < -0.3 is 14.7 Å². The second-order valence-electron chi connectivity index (χ2n) is 10.4. The van der Waals surface area contributed by atoms with E-state index in [1.165, 1.54) is 6.07 Å². The quantitative estimate of drug-likeness (QED) is 0.575. The molecule has 6 nitrogen and oxygen atoms in total. The molecule has 1 spiro atoms. The van der Waals surface area contributed by atoms with Gasteiger partial charge in [-0.3, -0.25) is 9.69 Å². The maximum Gasteiger partial charge on any atom is 0.341 e. The van der Waals surface area contributed by atoms with Gasteiger partial charge in [0.2, 0.25) is 5.91 Å². The van der Waals surface area contributed by atoms with Gasteiger partial charge in [0.1, 0.15) is 11.6 Å². The molecule has 2 aromatic rings. The number of hydrogen-bond donors (Lipinski definition) is 1. The molecule has 7 heteroatoms. The highest BCUT2D eigenvalue weighted by atomic mass is 19.1. The van der Waals surface area contributed by atoms with Gasteiger partial charge >= 0.3 is 5.97 Å². The van der Waals surface area contributed by atoms with E-state index in [9.17, 15) is 14.0 Å². The van der Waals surface area contributed by atoms with Gasteiger partial charge in [-0.25, -0.2) is 9.18 Å². The molecule has 1 N–H and O–H groups in total. The van der Waals surface area contributed by atoms with Crippen LogP contribution in [0.2, 0.25) is 0 Å². The molecule has 188 valence electrons. The molecule has 0 radical (unpaired) electrons. The van der Waals surface area contributed by atoms with E-state index in [-0.39, 0.29) is 29.8 Å². The Kier molecular flexibility index (Phi) is 7.75. The number of piperidine rings is 1. The molecule has 1 amide bonds. The number of amides is 1. The third-order valence-electron chi connectivity index (χ3n) is 7.23. The van der Waals surface area contributed by atoms with Crippen molar-refractivity contribution in [1.29, 1.82) is 0 Å². The molecule has 0 unspecified atom stereocenters. The smallest absolute Gasteiger partial charge is 0.341 e. The lowest BCUT2D eigenvalue weighted by Gasteiger charge is -2.38. The van der Waals surface area contributed by atoms with E-state index in [1.54, 1.807) is 18.2 Å². The summed E-state index contributed by atoms with van der Waals surface area (Å²) in [6.45, 7) is 6.85. The third kappa shape index (κ3) is 6.01. The summed E-state index contributed by atoms with van der Waals surface area (Å²) in [4.78, 5) is 29.0. The van der Waals surface area contributed by atoms with Crippen LogP contribution in [0.1, 0.15) is 44.2 Å². The van der Waals surface area contributed by atoms with Gasteiger partial charge in [-0.1, -0.05) is 44.2 Å². The maximum atomic E-state index is 13.8. The van der Waals surface area contributed by atoms with Crippen LogP contribution in [-0.2, 0) is 22.6 Å². The zero-order valence-electron chi connectivity index (χ0n) is 20.6. The minimum atomic E-state index is -1.00. The lowest BCUT2D eigenvalue weighted by molar-refractivity contribution is -0.140. The second kappa shape index (κ2) is 10.8. The van der Waals surface area contributed by atoms with Gasteiger partial charge in [-0.2, -0.15) is 0 Å². The van der Waals surface area contributed by atoms with Crippen LogP contribution in [0.3, 0.4) is 0 Å². The number of carboxylic acid groups (broad SMARTS) is 1. The number of likely N-dealkylation sites (tertiary alicyclic amines) is 2. The van der Waals surface area contributed by atoms with Crippen molar-refractivity contribution in [1.82, 2.24) is 9.80 Å². The van der Waals surface area contributed by atoms with Crippen molar-refractivity contribution < 1.29 is 23.8 Å². The fourth-order valence-corrected chi connectivity index (χ4v) is 5.58. The number of halogens is 1. The SMILES string of the molecule is CC(C)CN1C(=O)C2(CCN(Cc3ccccc3OCC(=O)O)CC2)C[C@@H]1Cc1cccc(F)c1. The summed E-state index contributed by atoms with van der Waals surface area (Å²) >= 11 is 0. The Balaban J connectivity index is 1.43. The number of benzene rings is 2. The minimum absolute atomic E-state index is 0.0865. The Hall–Kier alpha value is -2.93. The van der Waals surface area contributed by atoms with Crippen molar-refractivity contribution in [2.45, 2.75) is 52.1 Å². The van der Waals surface area contributed by atoms with Crippen molar-refractivity contribution in [3.63, 3.8) is 0 Å². The second-order valence-corrected chi connectivity index (χ2v) is 10.4.